The van der Waals surface area contributed by atoms with Gasteiger partial charge in [-0.3, -0.25) is 4.79 Å². The Bertz CT molecular complexity index is 360. The number of nitrogens with one attached hydrogen (secondary N) is 1. The summed E-state index contributed by atoms with van der Waals surface area (Å²) in [7, 11) is 0. The Balaban J connectivity index is 2.56. The van der Waals surface area contributed by atoms with E-state index in [9.17, 15) is 4.79 Å². The summed E-state index contributed by atoms with van der Waals surface area (Å²) in [6, 6.07) is 6.80. The largest absolute Gasteiger partial charge is 0.351 e. The predicted octanol–water partition coefficient (Wildman–Crippen LogP) is 2.05. The van der Waals surface area contributed by atoms with Crippen LogP contribution in [0.1, 0.15) is 24.2 Å². The monoisotopic (exact) mass is 240 g/mol. The number of halogens is 1. The number of carbonyl (C=O) groups is 1. The van der Waals surface area contributed by atoms with Gasteiger partial charge in [0, 0.05) is 17.1 Å². The molecular weight excluding hydrogens is 224 g/mol. The van der Waals surface area contributed by atoms with Crippen LogP contribution in [0, 0.1) is 5.41 Å². The molecule has 1 rings (SSSR count). The molecule has 0 fully saturated rings. The van der Waals surface area contributed by atoms with Crippen LogP contribution < -0.4 is 11.1 Å². The minimum absolute atomic E-state index is 0.0813. The van der Waals surface area contributed by atoms with E-state index in [2.05, 4.69) is 5.32 Å². The molecule has 0 aliphatic heterocycles. The zero-order valence-electron chi connectivity index (χ0n) is 9.59. The van der Waals surface area contributed by atoms with Gasteiger partial charge in [0.2, 0.25) is 0 Å². The maximum Gasteiger partial charge on any atom is 0.251 e. The molecule has 3 nitrogen and oxygen atoms in total. The van der Waals surface area contributed by atoms with Crippen LogP contribution in [0.3, 0.4) is 0 Å². The molecule has 16 heavy (non-hydrogen) atoms. The number of hydrogen-bond acceptors (Lipinski definition) is 2. The zero-order chi connectivity index (χ0) is 12.2. The van der Waals surface area contributed by atoms with Crippen molar-refractivity contribution < 1.29 is 4.79 Å². The molecule has 0 aliphatic rings. The van der Waals surface area contributed by atoms with Gasteiger partial charge in [0.05, 0.1) is 0 Å². The average Bonchev–Trinajstić information content (AvgIpc) is 2.27. The molecule has 3 N–H and O–H groups in total. The highest BCUT2D eigenvalue weighted by atomic mass is 35.5. The van der Waals surface area contributed by atoms with E-state index >= 15 is 0 Å². The Labute approximate surface area is 101 Å². The topological polar surface area (TPSA) is 55.1 Å². The lowest BCUT2D eigenvalue weighted by Gasteiger charge is -2.22. The molecule has 1 aromatic carbocycles. The van der Waals surface area contributed by atoms with E-state index in [-0.39, 0.29) is 11.3 Å². The molecule has 1 amide bonds. The van der Waals surface area contributed by atoms with Crippen LogP contribution in [0.25, 0.3) is 0 Å². The van der Waals surface area contributed by atoms with Gasteiger partial charge in [0.25, 0.3) is 5.91 Å². The van der Waals surface area contributed by atoms with Crippen molar-refractivity contribution in [3.63, 3.8) is 0 Å². The fourth-order valence-corrected chi connectivity index (χ4v) is 1.22. The maximum atomic E-state index is 11.7. The van der Waals surface area contributed by atoms with Gasteiger partial charge in [0.1, 0.15) is 0 Å². The third kappa shape index (κ3) is 3.83. The van der Waals surface area contributed by atoms with Gasteiger partial charge in [-0.05, 0) is 36.2 Å². The first-order valence-electron chi connectivity index (χ1n) is 5.18. The highest BCUT2D eigenvalue weighted by Gasteiger charge is 2.16. The molecule has 0 unspecified atom stereocenters. The van der Waals surface area contributed by atoms with Gasteiger partial charge >= 0.3 is 0 Å². The van der Waals surface area contributed by atoms with Crippen LogP contribution in [0.4, 0.5) is 0 Å². The smallest absolute Gasteiger partial charge is 0.251 e. The van der Waals surface area contributed by atoms with Crippen molar-refractivity contribution in [2.45, 2.75) is 13.8 Å². The SMILES string of the molecule is CC(C)(CN)CNC(=O)c1ccc(Cl)cc1. The molecule has 0 saturated heterocycles. The van der Waals surface area contributed by atoms with E-state index < -0.39 is 0 Å². The second-order valence-electron chi connectivity index (χ2n) is 4.56. The van der Waals surface area contributed by atoms with Crippen LogP contribution >= 0.6 is 11.6 Å². The number of hydrogen-bond donors (Lipinski definition) is 2. The van der Waals surface area contributed by atoms with Gasteiger partial charge in [0.15, 0.2) is 0 Å². The van der Waals surface area contributed by atoms with Gasteiger partial charge in [-0.1, -0.05) is 25.4 Å². The number of benzene rings is 1. The number of amides is 1. The molecule has 0 aliphatic carbocycles. The van der Waals surface area contributed by atoms with Crippen molar-refractivity contribution >= 4 is 17.5 Å². The first kappa shape index (κ1) is 13.0. The Morgan fingerprint density at radius 2 is 1.94 bits per heavy atom. The fraction of sp³-hybridized carbons (Fsp3) is 0.417. The van der Waals surface area contributed by atoms with Crippen molar-refractivity contribution in [1.29, 1.82) is 0 Å². The molecule has 0 aromatic heterocycles. The summed E-state index contributed by atoms with van der Waals surface area (Å²) >= 11 is 5.74. The molecule has 0 radical (unpaired) electrons. The summed E-state index contributed by atoms with van der Waals surface area (Å²) in [5, 5.41) is 3.47. The van der Waals surface area contributed by atoms with E-state index in [0.717, 1.165) is 0 Å². The lowest BCUT2D eigenvalue weighted by Crippen LogP contribution is -2.38. The number of nitrogens with two attached hydrogens (primary N) is 1. The summed E-state index contributed by atoms with van der Waals surface area (Å²) in [6.45, 7) is 5.11. The van der Waals surface area contributed by atoms with E-state index in [1.165, 1.54) is 0 Å². The molecule has 0 spiro atoms. The van der Waals surface area contributed by atoms with E-state index in [4.69, 9.17) is 17.3 Å². The summed E-state index contributed by atoms with van der Waals surface area (Å²) in [5.41, 5.74) is 6.11. The van der Waals surface area contributed by atoms with Crippen LogP contribution in [0.2, 0.25) is 5.02 Å². The zero-order valence-corrected chi connectivity index (χ0v) is 10.3. The van der Waals surface area contributed by atoms with Crippen molar-refractivity contribution in [2.24, 2.45) is 11.1 Å². The average molecular weight is 241 g/mol. The first-order chi connectivity index (χ1) is 7.44. The lowest BCUT2D eigenvalue weighted by atomic mass is 9.94. The molecule has 0 bridgehead atoms. The molecule has 4 heteroatoms. The second kappa shape index (κ2) is 5.32. The maximum absolute atomic E-state index is 11.7. The Hall–Kier alpha value is -1.06. The highest BCUT2D eigenvalue weighted by Crippen LogP contribution is 2.12. The predicted molar refractivity (Wildman–Crippen MR) is 66.6 cm³/mol. The summed E-state index contributed by atoms with van der Waals surface area (Å²) in [4.78, 5) is 11.7. The third-order valence-corrected chi connectivity index (χ3v) is 2.64. The molecule has 0 atom stereocenters. The number of carbonyl (C=O) groups excluding carboxylic acids is 1. The summed E-state index contributed by atoms with van der Waals surface area (Å²) in [5.74, 6) is -0.0989. The molecule has 1 aromatic rings. The quantitative estimate of drug-likeness (QED) is 0.847. The van der Waals surface area contributed by atoms with Gasteiger partial charge in [-0.25, -0.2) is 0 Å². The molecule has 88 valence electrons. The van der Waals surface area contributed by atoms with E-state index in [1.54, 1.807) is 24.3 Å². The highest BCUT2D eigenvalue weighted by molar-refractivity contribution is 6.30. The van der Waals surface area contributed by atoms with Crippen LogP contribution in [-0.4, -0.2) is 19.0 Å². The van der Waals surface area contributed by atoms with Crippen molar-refractivity contribution in [3.8, 4) is 0 Å². The van der Waals surface area contributed by atoms with Crippen molar-refractivity contribution in [3.05, 3.63) is 34.9 Å². The minimum atomic E-state index is -0.0989. The second-order valence-corrected chi connectivity index (χ2v) is 4.99. The molecule has 0 heterocycles. The number of rotatable bonds is 4. The van der Waals surface area contributed by atoms with E-state index in [0.29, 0.717) is 23.7 Å². The first-order valence-corrected chi connectivity index (χ1v) is 5.56. The Morgan fingerprint density at radius 3 is 2.44 bits per heavy atom. The third-order valence-electron chi connectivity index (χ3n) is 2.39. The lowest BCUT2D eigenvalue weighted by molar-refractivity contribution is 0.0938. The van der Waals surface area contributed by atoms with Gasteiger partial charge in [-0.15, -0.1) is 0 Å². The van der Waals surface area contributed by atoms with Crippen molar-refractivity contribution in [2.75, 3.05) is 13.1 Å². The van der Waals surface area contributed by atoms with Crippen molar-refractivity contribution in [1.82, 2.24) is 5.32 Å². The Kier molecular flexibility index (Phi) is 4.33. The van der Waals surface area contributed by atoms with Gasteiger partial charge in [-0.2, -0.15) is 0 Å². The normalized spacial score (nSPS) is 11.2. The summed E-state index contributed by atoms with van der Waals surface area (Å²) < 4.78 is 0. The van der Waals surface area contributed by atoms with Crippen LogP contribution in [0.15, 0.2) is 24.3 Å². The molecular formula is C12H17ClN2O. The standard InChI is InChI=1S/C12H17ClN2O/c1-12(2,7-14)8-15-11(16)9-3-5-10(13)6-4-9/h3-6H,7-8,14H2,1-2H3,(H,15,16). The fourth-order valence-electron chi connectivity index (χ4n) is 1.10. The van der Waals surface area contributed by atoms with E-state index in [1.807, 2.05) is 13.8 Å². The molecule has 0 saturated carbocycles. The van der Waals surface area contributed by atoms with Crippen LogP contribution in [-0.2, 0) is 0 Å². The minimum Gasteiger partial charge on any atom is -0.351 e. The Morgan fingerprint density at radius 1 is 1.38 bits per heavy atom. The van der Waals surface area contributed by atoms with Gasteiger partial charge < -0.3 is 11.1 Å². The van der Waals surface area contributed by atoms with Crippen LogP contribution in [0.5, 0.6) is 0 Å². The summed E-state index contributed by atoms with van der Waals surface area (Å²) in [6.07, 6.45) is 0.